The summed E-state index contributed by atoms with van der Waals surface area (Å²) < 4.78 is 39.5. The van der Waals surface area contributed by atoms with Crippen molar-refractivity contribution in [3.63, 3.8) is 0 Å². The van der Waals surface area contributed by atoms with E-state index in [-0.39, 0.29) is 11.7 Å². The van der Waals surface area contributed by atoms with Gasteiger partial charge in [0, 0.05) is 49.3 Å². The van der Waals surface area contributed by atoms with E-state index in [0.29, 0.717) is 47.4 Å². The molecular formula is C17H15Cl2F3N4O. The molecule has 2 N–H and O–H groups in total. The van der Waals surface area contributed by atoms with Crippen molar-refractivity contribution in [3.8, 4) is 0 Å². The van der Waals surface area contributed by atoms with Gasteiger partial charge in [-0.15, -0.1) is 0 Å². The van der Waals surface area contributed by atoms with E-state index in [1.54, 1.807) is 0 Å². The van der Waals surface area contributed by atoms with Crippen molar-refractivity contribution in [2.75, 3.05) is 23.3 Å². The molecule has 5 nitrogen and oxygen atoms in total. The van der Waals surface area contributed by atoms with Gasteiger partial charge >= 0.3 is 6.03 Å². The minimum absolute atomic E-state index is 0.184. The second kappa shape index (κ2) is 8.22. The highest BCUT2D eigenvalue weighted by molar-refractivity contribution is 6.38. The Kier molecular flexibility index (Phi) is 5.96. The molecule has 2 aromatic rings. The van der Waals surface area contributed by atoms with Crippen LogP contribution in [0.3, 0.4) is 0 Å². The molecule has 0 aliphatic carbocycles. The van der Waals surface area contributed by atoms with E-state index < -0.39 is 23.5 Å². The van der Waals surface area contributed by atoms with Gasteiger partial charge in [0.15, 0.2) is 17.5 Å². The number of hydrogen-bond donors (Lipinski definition) is 2. The molecule has 10 heteroatoms. The van der Waals surface area contributed by atoms with Crippen LogP contribution in [-0.4, -0.2) is 30.1 Å². The maximum atomic E-state index is 13.2. The summed E-state index contributed by atoms with van der Waals surface area (Å²) in [6.45, 7) is 1.15. The van der Waals surface area contributed by atoms with Crippen LogP contribution in [0.1, 0.15) is 12.8 Å². The second-order valence-corrected chi connectivity index (χ2v) is 6.90. The molecular weight excluding hydrogens is 404 g/mol. The quantitative estimate of drug-likeness (QED) is 0.716. The van der Waals surface area contributed by atoms with Crippen molar-refractivity contribution >= 4 is 40.6 Å². The van der Waals surface area contributed by atoms with E-state index in [4.69, 9.17) is 23.2 Å². The number of benzene rings is 1. The number of carbonyl (C=O) groups is 1. The highest BCUT2D eigenvalue weighted by atomic mass is 35.5. The minimum atomic E-state index is -1.59. The molecule has 0 unspecified atom stereocenters. The lowest BCUT2D eigenvalue weighted by molar-refractivity contribution is 0.246. The maximum Gasteiger partial charge on any atom is 0.319 e. The Bertz CT molecular complexity index is 825. The van der Waals surface area contributed by atoms with Crippen LogP contribution in [0.15, 0.2) is 24.5 Å². The van der Waals surface area contributed by atoms with E-state index in [1.807, 2.05) is 4.90 Å². The third-order valence-electron chi connectivity index (χ3n) is 4.14. The molecule has 1 aromatic carbocycles. The van der Waals surface area contributed by atoms with Gasteiger partial charge in [-0.3, -0.25) is 4.98 Å². The number of rotatable bonds is 3. The summed E-state index contributed by atoms with van der Waals surface area (Å²) in [6.07, 6.45) is 4.46. The summed E-state index contributed by atoms with van der Waals surface area (Å²) in [4.78, 5) is 18.0. The predicted molar refractivity (Wildman–Crippen MR) is 98.0 cm³/mol. The van der Waals surface area contributed by atoms with Crippen LogP contribution in [-0.2, 0) is 0 Å². The Hall–Kier alpha value is -2.19. The van der Waals surface area contributed by atoms with Gasteiger partial charge in [0.2, 0.25) is 0 Å². The number of halogens is 5. The highest BCUT2D eigenvalue weighted by Crippen LogP contribution is 2.34. The zero-order valence-electron chi connectivity index (χ0n) is 13.9. The first-order chi connectivity index (χ1) is 12.8. The fraction of sp³-hybridized carbons (Fsp3) is 0.294. The third kappa shape index (κ3) is 4.56. The van der Waals surface area contributed by atoms with Gasteiger partial charge in [0.25, 0.3) is 0 Å². The van der Waals surface area contributed by atoms with Crippen LogP contribution < -0.4 is 15.5 Å². The minimum Gasteiger partial charge on any atom is -0.367 e. The largest absolute Gasteiger partial charge is 0.367 e. The lowest BCUT2D eigenvalue weighted by atomic mass is 10.1. The predicted octanol–water partition coefficient (Wildman–Crippen LogP) is 4.60. The van der Waals surface area contributed by atoms with Crippen molar-refractivity contribution in [2.24, 2.45) is 0 Å². The number of amides is 2. The normalized spacial score (nSPS) is 16.9. The number of aromatic nitrogens is 1. The maximum absolute atomic E-state index is 13.2. The molecule has 0 bridgehead atoms. The second-order valence-electron chi connectivity index (χ2n) is 6.09. The molecule has 1 atom stereocenters. The molecule has 1 aromatic heterocycles. The molecule has 1 aliphatic heterocycles. The summed E-state index contributed by atoms with van der Waals surface area (Å²) in [5.74, 6) is -4.35. The average Bonchev–Trinajstić information content (AvgIpc) is 2.59. The lowest BCUT2D eigenvalue weighted by Gasteiger charge is -2.35. The van der Waals surface area contributed by atoms with Crippen LogP contribution >= 0.6 is 23.2 Å². The summed E-state index contributed by atoms with van der Waals surface area (Å²) in [5.41, 5.74) is 0.458. The van der Waals surface area contributed by atoms with Gasteiger partial charge in [0.1, 0.15) is 0 Å². The molecule has 1 saturated heterocycles. The van der Waals surface area contributed by atoms with Gasteiger partial charge in [-0.25, -0.2) is 18.0 Å². The Labute approximate surface area is 163 Å². The van der Waals surface area contributed by atoms with Gasteiger partial charge in [0.05, 0.1) is 15.7 Å². The average molecular weight is 419 g/mol. The number of pyridine rings is 1. The number of carbonyl (C=O) groups excluding carboxylic acids is 1. The Balaban J connectivity index is 1.65. The SMILES string of the molecule is O=C(Nc1cc(F)c(F)c(F)c1)N[C@@H]1CCCN(c2c(Cl)cncc2Cl)C1. The molecule has 2 amide bonds. The third-order valence-corrected chi connectivity index (χ3v) is 4.70. The van der Waals surface area contributed by atoms with Crippen LogP contribution in [0.25, 0.3) is 0 Å². The van der Waals surface area contributed by atoms with E-state index >= 15 is 0 Å². The van der Waals surface area contributed by atoms with Gasteiger partial charge in [-0.1, -0.05) is 23.2 Å². The number of nitrogens with zero attached hydrogens (tertiary/aromatic N) is 2. The molecule has 1 fully saturated rings. The van der Waals surface area contributed by atoms with Gasteiger partial charge in [-0.2, -0.15) is 0 Å². The molecule has 3 rings (SSSR count). The monoisotopic (exact) mass is 418 g/mol. The van der Waals surface area contributed by atoms with E-state index in [0.717, 1.165) is 6.42 Å². The zero-order chi connectivity index (χ0) is 19.6. The van der Waals surface area contributed by atoms with Crippen LogP contribution in [0, 0.1) is 17.5 Å². The van der Waals surface area contributed by atoms with Gasteiger partial charge in [-0.05, 0) is 12.8 Å². The Morgan fingerprint density at radius 2 is 1.78 bits per heavy atom. The Morgan fingerprint density at radius 1 is 1.15 bits per heavy atom. The number of nitrogens with one attached hydrogen (secondary N) is 2. The van der Waals surface area contributed by atoms with Crippen molar-refractivity contribution < 1.29 is 18.0 Å². The van der Waals surface area contributed by atoms with Gasteiger partial charge < -0.3 is 15.5 Å². The summed E-state index contributed by atoms with van der Waals surface area (Å²) in [5, 5.41) is 5.84. The summed E-state index contributed by atoms with van der Waals surface area (Å²) >= 11 is 12.4. The smallest absolute Gasteiger partial charge is 0.319 e. The number of anilines is 2. The topological polar surface area (TPSA) is 57.3 Å². The molecule has 0 saturated carbocycles. The lowest BCUT2D eigenvalue weighted by Crippen LogP contribution is -2.49. The van der Waals surface area contributed by atoms with E-state index in [1.165, 1.54) is 12.4 Å². The molecule has 0 spiro atoms. The van der Waals surface area contributed by atoms with Crippen molar-refractivity contribution in [1.29, 1.82) is 0 Å². The van der Waals surface area contributed by atoms with Crippen molar-refractivity contribution in [3.05, 3.63) is 52.0 Å². The molecule has 1 aliphatic rings. The molecule has 2 heterocycles. The van der Waals surface area contributed by atoms with Crippen molar-refractivity contribution in [2.45, 2.75) is 18.9 Å². The first-order valence-corrected chi connectivity index (χ1v) is 8.86. The van der Waals surface area contributed by atoms with Crippen LogP contribution in [0.4, 0.5) is 29.3 Å². The fourth-order valence-electron chi connectivity index (χ4n) is 2.98. The first-order valence-electron chi connectivity index (χ1n) is 8.11. The highest BCUT2D eigenvalue weighted by Gasteiger charge is 2.25. The number of piperidine rings is 1. The van der Waals surface area contributed by atoms with Crippen LogP contribution in [0.5, 0.6) is 0 Å². The van der Waals surface area contributed by atoms with Crippen molar-refractivity contribution in [1.82, 2.24) is 10.3 Å². The zero-order valence-corrected chi connectivity index (χ0v) is 15.4. The van der Waals surface area contributed by atoms with Crippen LogP contribution in [0.2, 0.25) is 10.0 Å². The summed E-state index contributed by atoms with van der Waals surface area (Å²) in [6, 6.07) is 0.525. The molecule has 0 radical (unpaired) electrons. The number of urea groups is 1. The molecule has 144 valence electrons. The fourth-order valence-corrected chi connectivity index (χ4v) is 3.59. The molecule has 27 heavy (non-hydrogen) atoms. The van der Waals surface area contributed by atoms with E-state index in [2.05, 4.69) is 15.6 Å². The Morgan fingerprint density at radius 3 is 2.41 bits per heavy atom. The number of hydrogen-bond acceptors (Lipinski definition) is 3. The summed E-state index contributed by atoms with van der Waals surface area (Å²) in [7, 11) is 0. The first kappa shape index (κ1) is 19.6. The standard InChI is InChI=1S/C17H15Cl2F3N4O/c18-11-6-23-7-12(19)16(11)26-3-1-2-9(8-26)24-17(27)25-10-4-13(20)15(22)14(21)5-10/h4-7,9H,1-3,8H2,(H2,24,25,27)/t9-/m1/s1. The van der Waals surface area contributed by atoms with E-state index in [9.17, 15) is 18.0 Å².